The van der Waals surface area contributed by atoms with E-state index in [1.54, 1.807) is 0 Å². The van der Waals surface area contributed by atoms with Gasteiger partial charge < -0.3 is 10.2 Å². The molecular formula is C14H29N7. The van der Waals surface area contributed by atoms with Gasteiger partial charge in [-0.3, -0.25) is 5.43 Å². The molecule has 7 heteroatoms. The van der Waals surface area contributed by atoms with Crippen molar-refractivity contribution in [1.82, 2.24) is 15.0 Å². The van der Waals surface area contributed by atoms with Crippen LogP contribution >= 0.6 is 0 Å². The molecule has 0 atom stereocenters. The summed E-state index contributed by atoms with van der Waals surface area (Å²) in [6.07, 6.45) is 6.27. The number of nitrogens with two attached hydrogens (primary N) is 1. The van der Waals surface area contributed by atoms with Crippen LogP contribution in [0.3, 0.4) is 0 Å². The average Bonchev–Trinajstić information content (AvgIpc) is 2.45. The predicted octanol–water partition coefficient (Wildman–Crippen LogP) is 2.24. The predicted molar refractivity (Wildman–Crippen MR) is 88.4 cm³/mol. The van der Waals surface area contributed by atoms with Gasteiger partial charge >= 0.3 is 0 Å². The Morgan fingerprint density at radius 3 is 2.29 bits per heavy atom. The Bertz CT molecular complexity index is 406. The molecule has 0 unspecified atom stereocenters. The van der Waals surface area contributed by atoms with Gasteiger partial charge in [0.25, 0.3) is 0 Å². The molecule has 0 spiro atoms. The Morgan fingerprint density at radius 2 is 1.67 bits per heavy atom. The molecule has 0 amide bonds. The van der Waals surface area contributed by atoms with Crippen LogP contribution in [0.4, 0.5) is 17.8 Å². The molecule has 0 aromatic carbocycles. The highest BCUT2D eigenvalue weighted by atomic mass is 15.4. The third-order valence-corrected chi connectivity index (χ3v) is 3.14. The van der Waals surface area contributed by atoms with E-state index in [1.165, 1.54) is 25.7 Å². The summed E-state index contributed by atoms with van der Waals surface area (Å²) >= 11 is 0. The quantitative estimate of drug-likeness (QED) is 0.346. The van der Waals surface area contributed by atoms with E-state index in [9.17, 15) is 0 Å². The molecule has 120 valence electrons. The summed E-state index contributed by atoms with van der Waals surface area (Å²) in [7, 11) is 3.77. The number of nitrogens with zero attached hydrogens (tertiary/aromatic N) is 4. The molecule has 0 saturated heterocycles. The van der Waals surface area contributed by atoms with Crippen molar-refractivity contribution in [3.8, 4) is 0 Å². The number of hydrogen-bond acceptors (Lipinski definition) is 7. The van der Waals surface area contributed by atoms with Crippen molar-refractivity contribution in [3.63, 3.8) is 0 Å². The fourth-order valence-corrected chi connectivity index (χ4v) is 1.94. The second kappa shape index (κ2) is 9.33. The zero-order chi connectivity index (χ0) is 15.7. The summed E-state index contributed by atoms with van der Waals surface area (Å²) < 4.78 is 0. The van der Waals surface area contributed by atoms with Crippen LogP contribution in [0.2, 0.25) is 0 Å². The maximum absolute atomic E-state index is 5.37. The number of nitrogen functional groups attached to an aromatic ring is 1. The highest BCUT2D eigenvalue weighted by Crippen LogP contribution is 2.12. The molecule has 0 saturated carbocycles. The van der Waals surface area contributed by atoms with Crippen LogP contribution in [0.5, 0.6) is 0 Å². The van der Waals surface area contributed by atoms with Crippen molar-refractivity contribution in [3.05, 3.63) is 0 Å². The van der Waals surface area contributed by atoms with E-state index in [4.69, 9.17) is 5.84 Å². The fourth-order valence-electron chi connectivity index (χ4n) is 1.94. The van der Waals surface area contributed by atoms with Gasteiger partial charge in [0.2, 0.25) is 17.8 Å². The first-order chi connectivity index (χ1) is 10.0. The van der Waals surface area contributed by atoms with E-state index in [1.807, 2.05) is 19.0 Å². The lowest BCUT2D eigenvalue weighted by Gasteiger charge is -2.13. The van der Waals surface area contributed by atoms with Gasteiger partial charge in [-0.25, -0.2) is 5.84 Å². The molecule has 4 N–H and O–H groups in total. The third kappa shape index (κ3) is 7.08. The minimum Gasteiger partial charge on any atom is -0.354 e. The first kappa shape index (κ1) is 17.4. The molecule has 7 nitrogen and oxygen atoms in total. The molecule has 1 aromatic heterocycles. The number of rotatable bonds is 10. The monoisotopic (exact) mass is 295 g/mol. The van der Waals surface area contributed by atoms with Crippen LogP contribution in [0.1, 0.15) is 46.0 Å². The van der Waals surface area contributed by atoms with Gasteiger partial charge in [0.15, 0.2) is 0 Å². The maximum Gasteiger partial charge on any atom is 0.243 e. The average molecular weight is 295 g/mol. The van der Waals surface area contributed by atoms with Crippen LogP contribution in [-0.4, -0.2) is 35.6 Å². The summed E-state index contributed by atoms with van der Waals surface area (Å²) in [5.74, 6) is 7.69. The molecule has 1 aromatic rings. The molecule has 0 aliphatic carbocycles. The summed E-state index contributed by atoms with van der Waals surface area (Å²) in [5.41, 5.74) is 2.46. The zero-order valence-corrected chi connectivity index (χ0v) is 13.7. The molecule has 0 fully saturated rings. The summed E-state index contributed by atoms with van der Waals surface area (Å²) in [6.45, 7) is 5.41. The third-order valence-electron chi connectivity index (χ3n) is 3.14. The number of hydrogen-bond donors (Lipinski definition) is 3. The van der Waals surface area contributed by atoms with Gasteiger partial charge in [0.05, 0.1) is 0 Å². The zero-order valence-electron chi connectivity index (χ0n) is 13.7. The molecule has 0 radical (unpaired) electrons. The number of anilines is 3. The van der Waals surface area contributed by atoms with E-state index in [-0.39, 0.29) is 0 Å². The first-order valence-electron chi connectivity index (χ1n) is 7.66. The second-order valence-electron chi connectivity index (χ2n) is 5.84. The normalized spacial score (nSPS) is 10.8. The van der Waals surface area contributed by atoms with Crippen molar-refractivity contribution >= 4 is 17.8 Å². The summed E-state index contributed by atoms with van der Waals surface area (Å²) in [4.78, 5) is 14.5. The van der Waals surface area contributed by atoms with Crippen molar-refractivity contribution in [2.75, 3.05) is 36.3 Å². The standard InChI is InChI=1S/C14H29N7/c1-11(2)9-7-5-6-8-10-16-12-17-13(20-15)19-14(18-12)21(3)4/h11H,5-10,15H2,1-4H3,(H2,16,17,18,19,20). The minimum atomic E-state index is 0.369. The lowest BCUT2D eigenvalue weighted by atomic mass is 10.0. The second-order valence-corrected chi connectivity index (χ2v) is 5.84. The van der Waals surface area contributed by atoms with Gasteiger partial charge in [-0.15, -0.1) is 0 Å². The molecule has 0 aliphatic heterocycles. The lowest BCUT2D eigenvalue weighted by Crippen LogP contribution is -2.19. The molecule has 0 bridgehead atoms. The Balaban J connectivity index is 2.33. The van der Waals surface area contributed by atoms with Crippen LogP contribution in [0, 0.1) is 5.92 Å². The minimum absolute atomic E-state index is 0.369. The van der Waals surface area contributed by atoms with E-state index in [0.717, 1.165) is 18.9 Å². The SMILES string of the molecule is CC(C)CCCCCCNc1nc(NN)nc(N(C)C)n1. The van der Waals surface area contributed by atoms with E-state index >= 15 is 0 Å². The Labute approximate surface area is 127 Å². The number of nitrogens with one attached hydrogen (secondary N) is 2. The summed E-state index contributed by atoms with van der Waals surface area (Å²) in [6, 6.07) is 0. The molecule has 21 heavy (non-hydrogen) atoms. The fraction of sp³-hybridized carbons (Fsp3) is 0.786. The topological polar surface area (TPSA) is 92.0 Å². The van der Waals surface area contributed by atoms with Crippen molar-refractivity contribution in [2.45, 2.75) is 46.0 Å². The Morgan fingerprint density at radius 1 is 1.00 bits per heavy atom. The number of aromatic nitrogens is 3. The van der Waals surface area contributed by atoms with Crippen LogP contribution in [0.25, 0.3) is 0 Å². The smallest absolute Gasteiger partial charge is 0.243 e. The number of unbranched alkanes of at least 4 members (excludes halogenated alkanes) is 3. The van der Waals surface area contributed by atoms with Crippen LogP contribution in [-0.2, 0) is 0 Å². The van der Waals surface area contributed by atoms with Gasteiger partial charge in [-0.05, 0) is 12.3 Å². The summed E-state index contributed by atoms with van der Waals surface area (Å²) in [5, 5.41) is 3.23. The van der Waals surface area contributed by atoms with E-state index in [2.05, 4.69) is 39.5 Å². The first-order valence-corrected chi connectivity index (χ1v) is 7.66. The largest absolute Gasteiger partial charge is 0.354 e. The molecule has 1 rings (SSSR count). The van der Waals surface area contributed by atoms with Crippen molar-refractivity contribution < 1.29 is 0 Å². The van der Waals surface area contributed by atoms with Gasteiger partial charge in [0, 0.05) is 20.6 Å². The van der Waals surface area contributed by atoms with Gasteiger partial charge in [-0.2, -0.15) is 15.0 Å². The molecule has 0 aliphatic rings. The van der Waals surface area contributed by atoms with Crippen LogP contribution < -0.4 is 21.5 Å². The Hall–Kier alpha value is -1.63. The highest BCUT2D eigenvalue weighted by Gasteiger charge is 2.06. The van der Waals surface area contributed by atoms with Gasteiger partial charge in [-0.1, -0.05) is 39.5 Å². The Kier molecular flexibility index (Phi) is 7.74. The highest BCUT2D eigenvalue weighted by molar-refractivity contribution is 5.42. The van der Waals surface area contributed by atoms with Gasteiger partial charge in [0.1, 0.15) is 0 Å². The van der Waals surface area contributed by atoms with E-state index in [0.29, 0.717) is 17.8 Å². The molecule has 1 heterocycles. The van der Waals surface area contributed by atoms with Crippen molar-refractivity contribution in [1.29, 1.82) is 0 Å². The van der Waals surface area contributed by atoms with Crippen LogP contribution in [0.15, 0.2) is 0 Å². The van der Waals surface area contributed by atoms with Crippen molar-refractivity contribution in [2.24, 2.45) is 11.8 Å². The molecular weight excluding hydrogens is 266 g/mol. The number of hydrazine groups is 1. The maximum atomic E-state index is 5.37. The lowest BCUT2D eigenvalue weighted by molar-refractivity contribution is 0.523. The van der Waals surface area contributed by atoms with E-state index < -0.39 is 0 Å².